The van der Waals surface area contributed by atoms with Crippen LogP contribution in [-0.4, -0.2) is 5.97 Å². The highest BCUT2D eigenvalue weighted by atomic mass is 16.5. The molecule has 0 aliphatic carbocycles. The van der Waals surface area contributed by atoms with Crippen LogP contribution in [0.15, 0.2) is 24.3 Å². The molecule has 0 heterocycles. The van der Waals surface area contributed by atoms with Crippen molar-refractivity contribution in [2.75, 3.05) is 0 Å². The fourth-order valence-electron chi connectivity index (χ4n) is 1.37. The van der Waals surface area contributed by atoms with Crippen molar-refractivity contribution < 1.29 is 9.53 Å². The zero-order valence-electron chi connectivity index (χ0n) is 8.91. The molecule has 1 rings (SSSR count). The van der Waals surface area contributed by atoms with Crippen molar-refractivity contribution in [2.45, 2.75) is 33.3 Å². The lowest BCUT2D eigenvalue weighted by Gasteiger charge is -2.15. The fraction of sp³-hybridized carbons (Fsp3) is 0.417. The average molecular weight is 192 g/mol. The van der Waals surface area contributed by atoms with E-state index in [1.54, 1.807) is 0 Å². The van der Waals surface area contributed by atoms with Crippen LogP contribution in [0.2, 0.25) is 0 Å². The van der Waals surface area contributed by atoms with Crippen molar-refractivity contribution in [3.63, 3.8) is 0 Å². The molecule has 0 aromatic heterocycles. The zero-order valence-corrected chi connectivity index (χ0v) is 8.91. The van der Waals surface area contributed by atoms with Crippen molar-refractivity contribution in [3.8, 4) is 0 Å². The van der Waals surface area contributed by atoms with Crippen molar-refractivity contribution in [3.05, 3.63) is 35.4 Å². The molecule has 0 spiro atoms. The van der Waals surface area contributed by atoms with Gasteiger partial charge in [-0.25, -0.2) is 0 Å². The summed E-state index contributed by atoms with van der Waals surface area (Å²) in [5.74, 6) is -0.225. The minimum atomic E-state index is -0.225. The maximum absolute atomic E-state index is 10.8. The van der Waals surface area contributed by atoms with Crippen LogP contribution in [0.25, 0.3) is 0 Å². The second-order valence-corrected chi connectivity index (χ2v) is 3.42. The van der Waals surface area contributed by atoms with Crippen LogP contribution >= 0.6 is 0 Å². The average Bonchev–Trinajstić information content (AvgIpc) is 2.15. The Bertz CT molecular complexity index is 301. The molecule has 0 saturated heterocycles. The molecule has 0 radical (unpaired) electrons. The Morgan fingerprint density at radius 2 is 1.93 bits per heavy atom. The van der Waals surface area contributed by atoms with Crippen LogP contribution in [-0.2, 0) is 9.53 Å². The molecule has 76 valence electrons. The highest BCUT2D eigenvalue weighted by molar-refractivity contribution is 5.66. The summed E-state index contributed by atoms with van der Waals surface area (Å²) in [6.45, 7) is 5.49. The summed E-state index contributed by atoms with van der Waals surface area (Å²) in [6, 6.07) is 8.07. The summed E-state index contributed by atoms with van der Waals surface area (Å²) >= 11 is 0. The lowest BCUT2D eigenvalue weighted by molar-refractivity contribution is -0.146. The smallest absolute Gasteiger partial charge is 0.303 e. The molecule has 0 bridgehead atoms. The summed E-state index contributed by atoms with van der Waals surface area (Å²) < 4.78 is 5.19. The van der Waals surface area contributed by atoms with Crippen molar-refractivity contribution in [1.29, 1.82) is 0 Å². The SMILES string of the molecule is CC[C@@H](OC(C)=O)c1ccc(C)cc1. The number of aryl methyl sites for hydroxylation is 1. The van der Waals surface area contributed by atoms with Gasteiger partial charge < -0.3 is 4.74 Å². The molecule has 0 aliphatic rings. The van der Waals surface area contributed by atoms with Gasteiger partial charge in [0.2, 0.25) is 0 Å². The van der Waals surface area contributed by atoms with E-state index in [2.05, 4.69) is 0 Å². The number of esters is 1. The minimum absolute atomic E-state index is 0.104. The van der Waals surface area contributed by atoms with Gasteiger partial charge in [0.1, 0.15) is 6.10 Å². The van der Waals surface area contributed by atoms with Crippen molar-refractivity contribution >= 4 is 5.97 Å². The largest absolute Gasteiger partial charge is 0.458 e. The maximum atomic E-state index is 10.8. The number of hydrogen-bond donors (Lipinski definition) is 0. The van der Waals surface area contributed by atoms with E-state index in [9.17, 15) is 4.79 Å². The Kier molecular flexibility index (Phi) is 3.69. The van der Waals surface area contributed by atoms with Crippen LogP contribution in [0.5, 0.6) is 0 Å². The van der Waals surface area contributed by atoms with Gasteiger partial charge in [-0.05, 0) is 18.9 Å². The number of benzene rings is 1. The highest BCUT2D eigenvalue weighted by Crippen LogP contribution is 2.21. The molecule has 2 heteroatoms. The van der Waals surface area contributed by atoms with E-state index < -0.39 is 0 Å². The van der Waals surface area contributed by atoms with Crippen LogP contribution < -0.4 is 0 Å². The molecule has 1 atom stereocenters. The van der Waals surface area contributed by atoms with Crippen molar-refractivity contribution in [2.24, 2.45) is 0 Å². The maximum Gasteiger partial charge on any atom is 0.303 e. The number of carbonyl (C=O) groups excluding carboxylic acids is 1. The fourth-order valence-corrected chi connectivity index (χ4v) is 1.37. The molecule has 0 unspecified atom stereocenters. The summed E-state index contributed by atoms with van der Waals surface area (Å²) in [4.78, 5) is 10.8. The lowest BCUT2D eigenvalue weighted by atomic mass is 10.1. The topological polar surface area (TPSA) is 26.3 Å². The van der Waals surface area contributed by atoms with Gasteiger partial charge in [-0.1, -0.05) is 36.8 Å². The normalized spacial score (nSPS) is 12.2. The Morgan fingerprint density at radius 3 is 2.36 bits per heavy atom. The summed E-state index contributed by atoms with van der Waals surface area (Å²) in [5, 5.41) is 0. The molecule has 0 amide bonds. The molecule has 0 aliphatic heterocycles. The first-order valence-electron chi connectivity index (χ1n) is 4.87. The quantitative estimate of drug-likeness (QED) is 0.688. The third-order valence-electron chi connectivity index (χ3n) is 2.13. The van der Waals surface area contributed by atoms with E-state index in [1.807, 2.05) is 38.1 Å². The van der Waals surface area contributed by atoms with E-state index in [4.69, 9.17) is 4.74 Å². The minimum Gasteiger partial charge on any atom is -0.458 e. The summed E-state index contributed by atoms with van der Waals surface area (Å²) in [5.41, 5.74) is 2.28. The molecular weight excluding hydrogens is 176 g/mol. The van der Waals surface area contributed by atoms with E-state index in [0.29, 0.717) is 0 Å². The van der Waals surface area contributed by atoms with Crippen molar-refractivity contribution in [1.82, 2.24) is 0 Å². The third-order valence-corrected chi connectivity index (χ3v) is 2.13. The zero-order chi connectivity index (χ0) is 10.6. The second-order valence-electron chi connectivity index (χ2n) is 3.42. The van der Waals surface area contributed by atoms with E-state index >= 15 is 0 Å². The standard InChI is InChI=1S/C12H16O2/c1-4-12(14-10(3)13)11-7-5-9(2)6-8-11/h5-8,12H,4H2,1-3H3/t12-/m1/s1. The number of ether oxygens (including phenoxy) is 1. The molecule has 1 aromatic carbocycles. The van der Waals surface area contributed by atoms with Gasteiger partial charge in [-0.15, -0.1) is 0 Å². The van der Waals surface area contributed by atoms with Crippen LogP contribution in [0.4, 0.5) is 0 Å². The first-order chi connectivity index (χ1) is 6.63. The van der Waals surface area contributed by atoms with Crippen LogP contribution in [0, 0.1) is 6.92 Å². The second kappa shape index (κ2) is 4.80. The number of carbonyl (C=O) groups is 1. The van der Waals surface area contributed by atoms with Gasteiger partial charge in [-0.3, -0.25) is 4.79 Å². The van der Waals surface area contributed by atoms with Gasteiger partial charge in [-0.2, -0.15) is 0 Å². The highest BCUT2D eigenvalue weighted by Gasteiger charge is 2.11. The van der Waals surface area contributed by atoms with Gasteiger partial charge >= 0.3 is 5.97 Å². The Morgan fingerprint density at radius 1 is 1.36 bits per heavy atom. The summed E-state index contributed by atoms with van der Waals surface area (Å²) in [6.07, 6.45) is 0.705. The Labute approximate surface area is 84.9 Å². The monoisotopic (exact) mass is 192 g/mol. The van der Waals surface area contributed by atoms with Gasteiger partial charge in [0.05, 0.1) is 0 Å². The lowest BCUT2D eigenvalue weighted by Crippen LogP contribution is -2.07. The molecule has 2 nitrogen and oxygen atoms in total. The first kappa shape index (κ1) is 10.8. The molecule has 14 heavy (non-hydrogen) atoms. The van der Waals surface area contributed by atoms with E-state index in [0.717, 1.165) is 12.0 Å². The predicted molar refractivity (Wildman–Crippen MR) is 56.0 cm³/mol. The van der Waals surface area contributed by atoms with Crippen LogP contribution in [0.1, 0.15) is 37.5 Å². The third kappa shape index (κ3) is 2.87. The summed E-state index contributed by atoms with van der Waals surface area (Å²) in [7, 11) is 0. The van der Waals surface area contributed by atoms with Gasteiger partial charge in [0, 0.05) is 6.92 Å². The first-order valence-corrected chi connectivity index (χ1v) is 4.87. The Balaban J connectivity index is 2.78. The molecule has 0 fully saturated rings. The van der Waals surface area contributed by atoms with E-state index in [-0.39, 0.29) is 12.1 Å². The molecular formula is C12H16O2. The van der Waals surface area contributed by atoms with Gasteiger partial charge in [0.25, 0.3) is 0 Å². The Hall–Kier alpha value is -1.31. The number of rotatable bonds is 3. The number of hydrogen-bond acceptors (Lipinski definition) is 2. The predicted octanol–water partition coefficient (Wildman–Crippen LogP) is 3.01. The molecule has 1 aromatic rings. The van der Waals surface area contributed by atoms with E-state index in [1.165, 1.54) is 12.5 Å². The van der Waals surface area contributed by atoms with Crippen LogP contribution in [0.3, 0.4) is 0 Å². The molecule has 0 saturated carbocycles. The van der Waals surface area contributed by atoms with Gasteiger partial charge in [0.15, 0.2) is 0 Å². The molecule has 0 N–H and O–H groups in total.